The molecule has 0 bridgehead atoms. The van der Waals surface area contributed by atoms with Gasteiger partial charge in [-0.15, -0.1) is 0 Å². The summed E-state index contributed by atoms with van der Waals surface area (Å²) in [6, 6.07) is 5.94. The lowest BCUT2D eigenvalue weighted by molar-refractivity contribution is 0.0587. The number of H-pyrrole nitrogens is 1. The number of rotatable bonds is 10. The Hall–Kier alpha value is -3.88. The SMILES string of the molecule is CCOCCN(C)C1CCN(C(=O)c2cnc(Nc3cc(OC)c4c(C#N)c[nH]c4n3)c(OC)c2)CC1. The van der Waals surface area contributed by atoms with Crippen molar-refractivity contribution in [3.8, 4) is 17.6 Å². The fourth-order valence-corrected chi connectivity index (χ4v) is 4.57. The minimum absolute atomic E-state index is 0.0654. The molecule has 0 unspecified atom stereocenters. The van der Waals surface area contributed by atoms with Crippen LogP contribution in [-0.2, 0) is 4.74 Å². The van der Waals surface area contributed by atoms with E-state index < -0.39 is 0 Å². The number of piperidine rings is 1. The lowest BCUT2D eigenvalue weighted by Crippen LogP contribution is -2.46. The summed E-state index contributed by atoms with van der Waals surface area (Å²) in [5.74, 6) is 1.72. The molecule has 0 atom stereocenters. The Balaban J connectivity index is 1.44. The molecule has 1 aliphatic heterocycles. The summed E-state index contributed by atoms with van der Waals surface area (Å²) < 4.78 is 16.5. The van der Waals surface area contributed by atoms with E-state index in [0.717, 1.165) is 32.6 Å². The molecular formula is C26H33N7O4. The van der Waals surface area contributed by atoms with Gasteiger partial charge in [-0.1, -0.05) is 0 Å². The zero-order chi connectivity index (χ0) is 26.4. The number of hydrogen-bond donors (Lipinski definition) is 2. The molecule has 2 N–H and O–H groups in total. The first-order valence-corrected chi connectivity index (χ1v) is 12.3. The molecule has 1 amide bonds. The maximum Gasteiger partial charge on any atom is 0.255 e. The lowest BCUT2D eigenvalue weighted by Gasteiger charge is -2.36. The van der Waals surface area contributed by atoms with E-state index in [2.05, 4.69) is 38.3 Å². The van der Waals surface area contributed by atoms with Crippen LogP contribution < -0.4 is 14.8 Å². The smallest absolute Gasteiger partial charge is 0.255 e. The topological polar surface area (TPSA) is 129 Å². The van der Waals surface area contributed by atoms with Gasteiger partial charge >= 0.3 is 0 Å². The van der Waals surface area contributed by atoms with Gasteiger partial charge in [-0.05, 0) is 32.9 Å². The molecule has 1 fully saturated rings. The normalized spacial score (nSPS) is 14.1. The predicted molar refractivity (Wildman–Crippen MR) is 139 cm³/mol. The van der Waals surface area contributed by atoms with Gasteiger partial charge in [0.15, 0.2) is 11.6 Å². The van der Waals surface area contributed by atoms with Crippen molar-refractivity contribution in [2.45, 2.75) is 25.8 Å². The molecule has 4 rings (SSSR count). The molecule has 11 heteroatoms. The summed E-state index contributed by atoms with van der Waals surface area (Å²) in [5.41, 5.74) is 1.43. The van der Waals surface area contributed by atoms with E-state index >= 15 is 0 Å². The highest BCUT2D eigenvalue weighted by Crippen LogP contribution is 2.33. The summed E-state index contributed by atoms with van der Waals surface area (Å²) in [7, 11) is 5.18. The van der Waals surface area contributed by atoms with Crippen LogP contribution in [0.4, 0.5) is 11.6 Å². The van der Waals surface area contributed by atoms with E-state index in [9.17, 15) is 10.1 Å². The molecule has 0 aromatic carbocycles. The van der Waals surface area contributed by atoms with Gasteiger partial charge in [-0.25, -0.2) is 9.97 Å². The van der Waals surface area contributed by atoms with Gasteiger partial charge in [0, 0.05) is 50.7 Å². The molecule has 0 spiro atoms. The highest BCUT2D eigenvalue weighted by atomic mass is 16.5. The van der Waals surface area contributed by atoms with E-state index in [-0.39, 0.29) is 5.91 Å². The lowest BCUT2D eigenvalue weighted by atomic mass is 10.0. The monoisotopic (exact) mass is 507 g/mol. The molecule has 37 heavy (non-hydrogen) atoms. The number of carbonyl (C=O) groups excluding carboxylic acids is 1. The summed E-state index contributed by atoms with van der Waals surface area (Å²) in [5, 5.41) is 13.1. The molecule has 0 saturated carbocycles. The van der Waals surface area contributed by atoms with Crippen LogP contribution in [0.2, 0.25) is 0 Å². The number of amides is 1. The number of fused-ring (bicyclic) bond motifs is 1. The first-order valence-electron chi connectivity index (χ1n) is 12.3. The molecule has 11 nitrogen and oxygen atoms in total. The average Bonchev–Trinajstić information content (AvgIpc) is 3.35. The van der Waals surface area contributed by atoms with Crippen LogP contribution in [0.5, 0.6) is 11.5 Å². The Morgan fingerprint density at radius 1 is 1.27 bits per heavy atom. The number of nitrogens with zero attached hydrogens (tertiary/aromatic N) is 5. The van der Waals surface area contributed by atoms with Crippen molar-refractivity contribution in [3.63, 3.8) is 0 Å². The number of ether oxygens (including phenoxy) is 3. The molecular weight excluding hydrogens is 474 g/mol. The maximum atomic E-state index is 13.2. The number of carbonyl (C=O) groups is 1. The van der Waals surface area contributed by atoms with Crippen LogP contribution in [0.3, 0.4) is 0 Å². The molecule has 3 aromatic heterocycles. The second kappa shape index (κ2) is 11.9. The molecule has 1 saturated heterocycles. The quantitative estimate of drug-likeness (QED) is 0.398. The average molecular weight is 508 g/mol. The Bertz CT molecular complexity index is 1280. The Kier molecular flexibility index (Phi) is 8.43. The predicted octanol–water partition coefficient (Wildman–Crippen LogP) is 3.16. The van der Waals surface area contributed by atoms with Gasteiger partial charge in [0.05, 0.1) is 37.3 Å². The van der Waals surface area contributed by atoms with Crippen molar-refractivity contribution in [1.82, 2.24) is 24.8 Å². The number of nitrogens with one attached hydrogen (secondary N) is 2. The van der Waals surface area contributed by atoms with E-state index in [0.29, 0.717) is 64.4 Å². The van der Waals surface area contributed by atoms with Crippen molar-refractivity contribution in [2.24, 2.45) is 0 Å². The van der Waals surface area contributed by atoms with E-state index in [4.69, 9.17) is 14.2 Å². The van der Waals surface area contributed by atoms with Gasteiger partial charge < -0.3 is 34.3 Å². The number of methoxy groups -OCH3 is 2. The third kappa shape index (κ3) is 5.76. The van der Waals surface area contributed by atoms with Crippen LogP contribution in [-0.4, -0.2) is 90.8 Å². The standard InChI is InChI=1S/C26H33N7O4/c1-5-37-11-10-32(2)19-6-8-33(9-7-19)26(34)17-12-21(36-4)24(28-15-17)30-22-13-20(35-3)23-18(14-27)16-29-25(23)31-22/h12-13,15-16,19H,5-11H2,1-4H3,(H2,28,29,30,31). The largest absolute Gasteiger partial charge is 0.496 e. The van der Waals surface area contributed by atoms with Crippen molar-refractivity contribution in [2.75, 3.05) is 59.4 Å². The van der Waals surface area contributed by atoms with Crippen LogP contribution in [0.15, 0.2) is 24.5 Å². The molecule has 0 radical (unpaired) electrons. The van der Waals surface area contributed by atoms with Crippen molar-refractivity contribution in [1.29, 1.82) is 5.26 Å². The Morgan fingerprint density at radius 3 is 2.70 bits per heavy atom. The number of hydrogen-bond acceptors (Lipinski definition) is 9. The number of nitriles is 1. The summed E-state index contributed by atoms with van der Waals surface area (Å²) >= 11 is 0. The maximum absolute atomic E-state index is 13.2. The minimum atomic E-state index is -0.0654. The number of pyridine rings is 2. The van der Waals surface area contributed by atoms with Gasteiger partial charge in [-0.2, -0.15) is 5.26 Å². The molecule has 3 aromatic rings. The van der Waals surface area contributed by atoms with E-state index in [1.54, 1.807) is 24.5 Å². The fourth-order valence-electron chi connectivity index (χ4n) is 4.57. The molecule has 4 heterocycles. The van der Waals surface area contributed by atoms with Gasteiger partial charge in [0.25, 0.3) is 5.91 Å². The second-order valence-electron chi connectivity index (χ2n) is 8.85. The number of likely N-dealkylation sites (N-methyl/N-ethyl adjacent to an activating group) is 1. The third-order valence-electron chi connectivity index (χ3n) is 6.68. The molecule has 196 valence electrons. The van der Waals surface area contributed by atoms with Crippen LogP contribution in [0.25, 0.3) is 11.0 Å². The fraction of sp³-hybridized carbons (Fsp3) is 0.462. The van der Waals surface area contributed by atoms with Gasteiger partial charge in [0.1, 0.15) is 23.3 Å². The molecule has 0 aliphatic carbocycles. The van der Waals surface area contributed by atoms with Crippen LogP contribution in [0.1, 0.15) is 35.7 Å². The summed E-state index contributed by atoms with van der Waals surface area (Å²) in [6.45, 7) is 5.71. The Labute approximate surface area is 216 Å². The Morgan fingerprint density at radius 2 is 2.03 bits per heavy atom. The zero-order valence-electron chi connectivity index (χ0n) is 21.7. The zero-order valence-corrected chi connectivity index (χ0v) is 21.7. The van der Waals surface area contributed by atoms with Crippen molar-refractivity contribution < 1.29 is 19.0 Å². The van der Waals surface area contributed by atoms with Crippen LogP contribution in [0, 0.1) is 11.3 Å². The van der Waals surface area contributed by atoms with Gasteiger partial charge in [0.2, 0.25) is 0 Å². The highest BCUT2D eigenvalue weighted by Gasteiger charge is 2.26. The van der Waals surface area contributed by atoms with Crippen molar-refractivity contribution in [3.05, 3.63) is 35.7 Å². The second-order valence-corrected chi connectivity index (χ2v) is 8.85. The van der Waals surface area contributed by atoms with Crippen molar-refractivity contribution >= 4 is 28.6 Å². The number of anilines is 2. The highest BCUT2D eigenvalue weighted by molar-refractivity contribution is 5.95. The number of aromatic amines is 1. The summed E-state index contributed by atoms with van der Waals surface area (Å²) in [4.78, 5) is 29.3. The minimum Gasteiger partial charge on any atom is -0.496 e. The third-order valence-corrected chi connectivity index (χ3v) is 6.68. The van der Waals surface area contributed by atoms with E-state index in [1.807, 2.05) is 11.8 Å². The van der Waals surface area contributed by atoms with E-state index in [1.165, 1.54) is 14.2 Å². The number of aromatic nitrogens is 3. The first kappa shape index (κ1) is 26.2. The number of likely N-dealkylation sites (tertiary alicyclic amines) is 1. The van der Waals surface area contributed by atoms with Gasteiger partial charge in [-0.3, -0.25) is 4.79 Å². The first-order chi connectivity index (χ1) is 18.0. The summed E-state index contributed by atoms with van der Waals surface area (Å²) in [6.07, 6.45) is 4.97. The molecule has 1 aliphatic rings. The van der Waals surface area contributed by atoms with Crippen LogP contribution >= 0.6 is 0 Å².